The Balaban J connectivity index is 1.61. The molecular formula is C29H28FN3O3. The molecular weight excluding hydrogens is 457 g/mol. The van der Waals surface area contributed by atoms with Gasteiger partial charge in [-0.1, -0.05) is 49.6 Å². The number of carbonyl (C=O) groups excluding carboxylic acids is 1. The number of aryl methyl sites for hydroxylation is 1. The van der Waals surface area contributed by atoms with E-state index >= 15 is 4.39 Å². The maximum absolute atomic E-state index is 15.8. The number of hydrogen-bond donors (Lipinski definition) is 1. The Morgan fingerprint density at radius 3 is 2.67 bits per heavy atom. The number of halogens is 1. The summed E-state index contributed by atoms with van der Waals surface area (Å²) >= 11 is 0. The van der Waals surface area contributed by atoms with Crippen molar-refractivity contribution in [3.05, 3.63) is 77.7 Å². The number of amides is 1. The van der Waals surface area contributed by atoms with Gasteiger partial charge in [0, 0.05) is 35.5 Å². The Morgan fingerprint density at radius 2 is 1.89 bits per heavy atom. The zero-order valence-electron chi connectivity index (χ0n) is 20.2. The number of aliphatic carboxylic acids is 1. The summed E-state index contributed by atoms with van der Waals surface area (Å²) in [6, 6.07) is 14.8. The number of hydrogen-bond acceptors (Lipinski definition) is 3. The number of aromatic nitrogens is 2. The highest BCUT2D eigenvalue weighted by atomic mass is 19.1. The van der Waals surface area contributed by atoms with Crippen molar-refractivity contribution < 1.29 is 19.1 Å². The molecule has 4 aromatic rings. The Labute approximate surface area is 208 Å². The van der Waals surface area contributed by atoms with E-state index in [1.807, 2.05) is 30.3 Å². The third-order valence-corrected chi connectivity index (χ3v) is 7.04. The molecule has 36 heavy (non-hydrogen) atoms. The molecule has 1 aliphatic carbocycles. The van der Waals surface area contributed by atoms with Crippen LogP contribution in [0.3, 0.4) is 0 Å². The number of anilines is 1. The third-order valence-electron chi connectivity index (χ3n) is 7.04. The lowest BCUT2D eigenvalue weighted by Gasteiger charge is -2.30. The molecule has 184 valence electrons. The fraction of sp³-hybridized carbons (Fsp3) is 0.276. The van der Waals surface area contributed by atoms with Crippen molar-refractivity contribution in [2.75, 3.05) is 4.90 Å². The van der Waals surface area contributed by atoms with E-state index in [2.05, 4.69) is 5.10 Å². The van der Waals surface area contributed by atoms with Gasteiger partial charge in [-0.05, 0) is 53.6 Å². The average Bonchev–Trinajstić information content (AvgIpc) is 3.27. The van der Waals surface area contributed by atoms with Crippen molar-refractivity contribution >= 4 is 45.3 Å². The highest BCUT2D eigenvalue weighted by molar-refractivity contribution is 6.00. The van der Waals surface area contributed by atoms with Gasteiger partial charge in [0.1, 0.15) is 5.52 Å². The van der Waals surface area contributed by atoms with Gasteiger partial charge in [0.05, 0.1) is 12.7 Å². The zero-order chi connectivity index (χ0) is 25.2. The SMILES string of the molecule is Cn1ncc2cc3cccc(CN(C(=O)C4CCCCC4)c4cccc(C=CC(=O)O)c4)c3c(F)c21. The average molecular weight is 486 g/mol. The molecule has 1 fully saturated rings. The topological polar surface area (TPSA) is 75.4 Å². The maximum atomic E-state index is 15.8. The van der Waals surface area contributed by atoms with Crippen molar-refractivity contribution in [1.29, 1.82) is 0 Å². The smallest absolute Gasteiger partial charge is 0.328 e. The minimum atomic E-state index is -1.04. The minimum Gasteiger partial charge on any atom is -0.478 e. The first-order chi connectivity index (χ1) is 17.4. The Morgan fingerprint density at radius 1 is 1.11 bits per heavy atom. The van der Waals surface area contributed by atoms with Gasteiger partial charge in [-0.2, -0.15) is 5.10 Å². The molecule has 0 aliphatic heterocycles. The summed E-state index contributed by atoms with van der Waals surface area (Å²) in [5.41, 5.74) is 2.49. The van der Waals surface area contributed by atoms with Crippen molar-refractivity contribution in [2.24, 2.45) is 13.0 Å². The molecule has 1 heterocycles. The summed E-state index contributed by atoms with van der Waals surface area (Å²) in [5, 5.41) is 15.2. The Kier molecular flexibility index (Phi) is 6.55. The van der Waals surface area contributed by atoms with Crippen molar-refractivity contribution in [1.82, 2.24) is 9.78 Å². The Hall–Kier alpha value is -4.00. The van der Waals surface area contributed by atoms with Gasteiger partial charge < -0.3 is 10.0 Å². The van der Waals surface area contributed by atoms with Crippen LogP contribution in [0.1, 0.15) is 43.2 Å². The fourth-order valence-corrected chi connectivity index (χ4v) is 5.26. The molecule has 1 amide bonds. The molecule has 0 spiro atoms. The van der Waals surface area contributed by atoms with Crippen LogP contribution in [0.4, 0.5) is 10.1 Å². The van der Waals surface area contributed by atoms with Crippen LogP contribution in [0.2, 0.25) is 0 Å². The fourth-order valence-electron chi connectivity index (χ4n) is 5.26. The summed E-state index contributed by atoms with van der Waals surface area (Å²) in [5.74, 6) is -1.45. The van der Waals surface area contributed by atoms with Gasteiger partial charge in [-0.25, -0.2) is 9.18 Å². The van der Waals surface area contributed by atoms with Gasteiger partial charge in [0.2, 0.25) is 5.91 Å². The van der Waals surface area contributed by atoms with Crippen LogP contribution in [0.15, 0.2) is 60.8 Å². The number of carboxylic acids is 1. The molecule has 5 rings (SSSR count). The third kappa shape index (κ3) is 4.61. The van der Waals surface area contributed by atoms with Crippen LogP contribution in [-0.4, -0.2) is 26.8 Å². The minimum absolute atomic E-state index is 0.0214. The highest BCUT2D eigenvalue weighted by Crippen LogP contribution is 2.33. The normalized spacial score (nSPS) is 14.6. The lowest BCUT2D eigenvalue weighted by atomic mass is 9.88. The molecule has 1 saturated carbocycles. The standard InChI is InChI=1S/C29H28FN3O3/c1-32-28-23(17-31-32)16-21-10-6-11-22(26(21)27(28)30)18-33(29(36)20-8-3-2-4-9-20)24-12-5-7-19(15-24)13-14-25(34)35/h5-7,10-17,20H,2-4,8-9,18H2,1H3,(H,34,35). The van der Waals surface area contributed by atoms with Gasteiger partial charge >= 0.3 is 5.97 Å². The molecule has 7 heteroatoms. The van der Waals surface area contributed by atoms with Crippen LogP contribution >= 0.6 is 0 Å². The lowest BCUT2D eigenvalue weighted by molar-refractivity contribution is -0.131. The van der Waals surface area contributed by atoms with Crippen LogP contribution in [0.5, 0.6) is 0 Å². The number of benzene rings is 3. The Bertz CT molecular complexity index is 1480. The number of rotatable bonds is 6. The highest BCUT2D eigenvalue weighted by Gasteiger charge is 2.28. The van der Waals surface area contributed by atoms with Gasteiger partial charge in [-0.15, -0.1) is 0 Å². The summed E-state index contributed by atoms with van der Waals surface area (Å²) in [6.07, 6.45) is 9.09. The predicted octanol–water partition coefficient (Wildman–Crippen LogP) is 6.08. The number of fused-ring (bicyclic) bond motifs is 2. The molecule has 0 saturated heterocycles. The molecule has 0 radical (unpaired) electrons. The molecule has 0 bridgehead atoms. The van der Waals surface area contributed by atoms with E-state index in [-0.39, 0.29) is 24.2 Å². The van der Waals surface area contributed by atoms with Crippen LogP contribution < -0.4 is 4.90 Å². The van der Waals surface area contributed by atoms with Gasteiger partial charge in [0.15, 0.2) is 5.82 Å². The summed E-state index contributed by atoms with van der Waals surface area (Å²) in [6.45, 7) is 0.207. The number of carbonyl (C=O) groups is 2. The van der Waals surface area contributed by atoms with Crippen LogP contribution in [-0.2, 0) is 23.2 Å². The van der Waals surface area contributed by atoms with Crippen LogP contribution in [0.25, 0.3) is 27.8 Å². The molecule has 1 aromatic heterocycles. The van der Waals surface area contributed by atoms with Gasteiger partial charge in [-0.3, -0.25) is 9.48 Å². The lowest BCUT2D eigenvalue weighted by Crippen LogP contribution is -2.36. The van der Waals surface area contributed by atoms with E-state index in [1.54, 1.807) is 36.3 Å². The predicted molar refractivity (Wildman–Crippen MR) is 139 cm³/mol. The van der Waals surface area contributed by atoms with Crippen molar-refractivity contribution in [3.8, 4) is 0 Å². The second-order valence-electron chi connectivity index (χ2n) is 9.44. The molecule has 3 aromatic carbocycles. The van der Waals surface area contributed by atoms with Crippen LogP contribution in [0, 0.1) is 11.7 Å². The molecule has 0 atom stereocenters. The monoisotopic (exact) mass is 485 g/mol. The van der Waals surface area contributed by atoms with Crippen molar-refractivity contribution in [2.45, 2.75) is 38.6 Å². The van der Waals surface area contributed by atoms with Crippen molar-refractivity contribution in [3.63, 3.8) is 0 Å². The second-order valence-corrected chi connectivity index (χ2v) is 9.44. The second kappa shape index (κ2) is 9.93. The van der Waals surface area contributed by atoms with E-state index < -0.39 is 5.97 Å². The molecule has 0 unspecified atom stereocenters. The molecule has 1 N–H and O–H groups in total. The largest absolute Gasteiger partial charge is 0.478 e. The summed E-state index contributed by atoms with van der Waals surface area (Å²) in [4.78, 5) is 26.6. The summed E-state index contributed by atoms with van der Waals surface area (Å²) < 4.78 is 17.4. The van der Waals surface area contributed by atoms with E-state index in [0.717, 1.165) is 49.0 Å². The van der Waals surface area contributed by atoms with E-state index in [1.165, 1.54) is 10.8 Å². The molecule has 1 aliphatic rings. The first kappa shape index (κ1) is 23.7. The maximum Gasteiger partial charge on any atom is 0.328 e. The molecule has 6 nitrogen and oxygen atoms in total. The first-order valence-corrected chi connectivity index (χ1v) is 12.3. The first-order valence-electron chi connectivity index (χ1n) is 12.3. The number of carboxylic acid groups (broad SMARTS) is 1. The van der Waals surface area contributed by atoms with E-state index in [0.29, 0.717) is 27.7 Å². The number of nitrogens with zero attached hydrogens (tertiary/aromatic N) is 3. The van der Waals surface area contributed by atoms with E-state index in [9.17, 15) is 9.59 Å². The summed E-state index contributed by atoms with van der Waals surface area (Å²) in [7, 11) is 1.72. The van der Waals surface area contributed by atoms with E-state index in [4.69, 9.17) is 5.11 Å². The quantitative estimate of drug-likeness (QED) is 0.336. The van der Waals surface area contributed by atoms with Gasteiger partial charge in [0.25, 0.3) is 0 Å². The zero-order valence-corrected chi connectivity index (χ0v) is 20.2.